The first-order valence-corrected chi connectivity index (χ1v) is 15.1. The van der Waals surface area contributed by atoms with Gasteiger partial charge >= 0.3 is 0 Å². The normalized spacial score (nSPS) is 23.1. The lowest BCUT2D eigenvalue weighted by Gasteiger charge is -2.27. The molecule has 1 saturated heterocycles. The number of rotatable bonds is 12. The molecule has 0 saturated carbocycles. The summed E-state index contributed by atoms with van der Waals surface area (Å²) in [4.78, 5) is 0. The van der Waals surface area contributed by atoms with E-state index in [2.05, 4.69) is 84.1 Å². The van der Waals surface area contributed by atoms with Crippen molar-refractivity contribution in [1.82, 2.24) is 0 Å². The van der Waals surface area contributed by atoms with E-state index in [1.807, 2.05) is 23.5 Å². The maximum absolute atomic E-state index is 4.24. The molecule has 1 aliphatic heterocycles. The summed E-state index contributed by atoms with van der Waals surface area (Å²) in [5, 5.41) is 1.26. The minimum absolute atomic E-state index is 0.746. The van der Waals surface area contributed by atoms with Crippen LogP contribution in [0.4, 0.5) is 0 Å². The van der Waals surface area contributed by atoms with Gasteiger partial charge in [0.2, 0.25) is 0 Å². The average Bonchev–Trinajstić information content (AvgIpc) is 2.47. The van der Waals surface area contributed by atoms with E-state index in [0.717, 1.165) is 19.3 Å². The van der Waals surface area contributed by atoms with Crippen LogP contribution in [0.1, 0.15) is 0 Å². The number of hydrogen-bond donors (Lipinski definition) is 2. The zero-order chi connectivity index (χ0) is 14.5. The predicted molar refractivity (Wildman–Crippen MR) is 122 cm³/mol. The van der Waals surface area contributed by atoms with Crippen molar-refractivity contribution in [2.24, 2.45) is 0 Å². The van der Waals surface area contributed by atoms with E-state index in [0.29, 0.717) is 0 Å². The van der Waals surface area contributed by atoms with Gasteiger partial charge in [-0.15, -0.1) is 58.8 Å². The molecule has 0 aromatic heterocycles. The summed E-state index contributed by atoms with van der Waals surface area (Å²) in [5.74, 6) is 9.49. The van der Waals surface area contributed by atoms with E-state index in [1.54, 1.807) is 0 Å². The topological polar surface area (TPSA) is 0 Å². The van der Waals surface area contributed by atoms with Crippen molar-refractivity contribution in [1.29, 1.82) is 0 Å². The Kier molecular flexibility index (Phi) is 16.6. The first-order valence-electron chi connectivity index (χ1n) is 6.36. The Bertz CT molecular complexity index is 196. The highest BCUT2D eigenvalue weighted by atomic mass is 32.3. The predicted octanol–water partition coefficient (Wildman–Crippen LogP) is 5.52. The lowest BCUT2D eigenvalue weighted by molar-refractivity contribution is 1.49. The van der Waals surface area contributed by atoms with Crippen molar-refractivity contribution in [3.05, 3.63) is 0 Å². The fraction of sp³-hybridized carbons (Fsp3) is 1.00. The summed E-state index contributed by atoms with van der Waals surface area (Å²) in [5.41, 5.74) is 0. The van der Waals surface area contributed by atoms with Gasteiger partial charge in [0.15, 0.2) is 0 Å². The van der Waals surface area contributed by atoms with Gasteiger partial charge in [-0.2, -0.15) is 48.8 Å². The average molecular weight is 443 g/mol. The van der Waals surface area contributed by atoms with Gasteiger partial charge in [-0.1, -0.05) is 0 Å². The molecule has 0 spiro atoms. The third kappa shape index (κ3) is 11.6. The molecule has 1 fully saturated rings. The van der Waals surface area contributed by atoms with Gasteiger partial charge in [-0.05, 0) is 11.5 Å². The Hall–Kier alpha value is 3.15. The van der Waals surface area contributed by atoms with E-state index in [9.17, 15) is 0 Å². The zero-order valence-corrected chi connectivity index (χ0v) is 18.8. The van der Waals surface area contributed by atoms with Crippen LogP contribution in [0.2, 0.25) is 0 Å². The highest BCUT2D eigenvalue weighted by molar-refractivity contribution is 8.46. The maximum Gasteiger partial charge on any atom is 0.0983 e. The SMILES string of the molecule is SCCSCCSC1SCSC(SCCSCCS)S1. The van der Waals surface area contributed by atoms with Crippen LogP contribution in [-0.2, 0) is 0 Å². The second-order valence-electron chi connectivity index (χ2n) is 3.58. The third-order valence-corrected chi connectivity index (χ3v) is 13.7. The Labute approximate surface area is 165 Å². The molecule has 0 radical (unpaired) electrons. The van der Waals surface area contributed by atoms with E-state index < -0.39 is 0 Å². The molecule has 2 atom stereocenters. The van der Waals surface area contributed by atoms with E-state index >= 15 is 0 Å². The van der Waals surface area contributed by atoms with Crippen LogP contribution in [0.25, 0.3) is 0 Å². The molecule has 1 rings (SSSR count). The Morgan fingerprint density at radius 2 is 1.25 bits per heavy atom. The maximum atomic E-state index is 4.24. The quantitative estimate of drug-likeness (QED) is 0.298. The molecule has 0 aromatic carbocycles. The number of hydrogen-bond acceptors (Lipinski definition) is 9. The van der Waals surface area contributed by atoms with Gasteiger partial charge in [0.25, 0.3) is 0 Å². The number of thiol groups is 2. The minimum atomic E-state index is 0.746. The summed E-state index contributed by atoms with van der Waals surface area (Å²) in [6.07, 6.45) is 0. The summed E-state index contributed by atoms with van der Waals surface area (Å²) in [6, 6.07) is 0. The van der Waals surface area contributed by atoms with Gasteiger partial charge in [-0.25, -0.2) is 0 Å². The van der Waals surface area contributed by atoms with Crippen molar-refractivity contribution in [3.8, 4) is 0 Å². The molecule has 0 amide bonds. The first-order chi connectivity index (χ1) is 9.86. The standard InChI is InChI=1S/C11H22S9/c12-1-3-14-5-7-16-10-18-9-19-11(20-10)17-8-6-15-4-2-13/h10-13H,1-9H2. The van der Waals surface area contributed by atoms with E-state index in [1.165, 1.54) is 39.6 Å². The second kappa shape index (κ2) is 15.7. The minimum Gasteiger partial charge on any atom is -0.179 e. The molecular weight excluding hydrogens is 421 g/mol. The van der Waals surface area contributed by atoms with Crippen molar-refractivity contribution < 1.29 is 0 Å². The molecule has 0 aliphatic carbocycles. The largest absolute Gasteiger partial charge is 0.179 e. The molecule has 0 N–H and O–H groups in total. The van der Waals surface area contributed by atoms with Gasteiger partial charge in [0.05, 0.1) is 7.83 Å². The van der Waals surface area contributed by atoms with E-state index in [4.69, 9.17) is 0 Å². The van der Waals surface area contributed by atoms with Gasteiger partial charge < -0.3 is 0 Å². The highest BCUT2D eigenvalue weighted by Gasteiger charge is 2.23. The lowest BCUT2D eigenvalue weighted by Crippen LogP contribution is -2.08. The molecular formula is C11H22S9. The van der Waals surface area contributed by atoms with Crippen molar-refractivity contribution >= 4 is 108 Å². The molecule has 20 heavy (non-hydrogen) atoms. The van der Waals surface area contributed by atoms with E-state index in [-0.39, 0.29) is 0 Å². The highest BCUT2D eigenvalue weighted by Crippen LogP contribution is 2.50. The van der Waals surface area contributed by atoms with Crippen LogP contribution in [0.5, 0.6) is 0 Å². The molecule has 0 bridgehead atoms. The zero-order valence-electron chi connectivity index (χ0n) is 11.3. The summed E-state index contributed by atoms with van der Waals surface area (Å²) >= 11 is 23.2. The van der Waals surface area contributed by atoms with Crippen LogP contribution in [0.3, 0.4) is 0 Å². The fourth-order valence-corrected chi connectivity index (χ4v) is 13.5. The van der Waals surface area contributed by atoms with Crippen molar-refractivity contribution in [3.63, 3.8) is 0 Å². The molecule has 1 aliphatic rings. The van der Waals surface area contributed by atoms with Gasteiger partial charge in [0, 0.05) is 39.6 Å². The van der Waals surface area contributed by atoms with Crippen LogP contribution in [-0.4, -0.2) is 58.9 Å². The summed E-state index contributed by atoms with van der Waals surface area (Å²) in [6.45, 7) is 0. The summed E-state index contributed by atoms with van der Waals surface area (Å²) < 4.78 is 1.49. The lowest BCUT2D eigenvalue weighted by atomic mass is 10.9. The van der Waals surface area contributed by atoms with Crippen molar-refractivity contribution in [2.75, 3.05) is 51.1 Å². The monoisotopic (exact) mass is 442 g/mol. The first kappa shape index (κ1) is 21.2. The van der Waals surface area contributed by atoms with Crippen LogP contribution in [0.15, 0.2) is 0 Å². The molecule has 120 valence electrons. The van der Waals surface area contributed by atoms with Gasteiger partial charge in [-0.3, -0.25) is 0 Å². The Morgan fingerprint density at radius 1 is 0.750 bits per heavy atom. The third-order valence-electron chi connectivity index (χ3n) is 2.06. The molecule has 0 nitrogen and oxygen atoms in total. The van der Waals surface area contributed by atoms with Crippen molar-refractivity contribution in [2.45, 2.75) is 7.83 Å². The Balaban J connectivity index is 2.00. The molecule has 2 unspecified atom stereocenters. The second-order valence-corrected chi connectivity index (χ2v) is 14.9. The summed E-state index contributed by atoms with van der Waals surface area (Å²) in [7, 11) is 0. The van der Waals surface area contributed by atoms with Gasteiger partial charge in [0.1, 0.15) is 0 Å². The molecule has 1 heterocycles. The van der Waals surface area contributed by atoms with Crippen LogP contribution < -0.4 is 0 Å². The van der Waals surface area contributed by atoms with Crippen LogP contribution >= 0.6 is 108 Å². The number of thioether (sulfide) groups is 7. The molecule has 0 aromatic rings. The Morgan fingerprint density at radius 3 is 1.70 bits per heavy atom. The smallest absolute Gasteiger partial charge is 0.0983 e. The fourth-order valence-electron chi connectivity index (χ4n) is 1.23. The van der Waals surface area contributed by atoms with Crippen LogP contribution in [0, 0.1) is 0 Å². The molecule has 9 heteroatoms.